The van der Waals surface area contributed by atoms with Crippen LogP contribution in [0.15, 0.2) is 83.2 Å². The van der Waals surface area contributed by atoms with E-state index in [1.165, 1.54) is 104 Å². The summed E-state index contributed by atoms with van der Waals surface area (Å²) in [4.78, 5) is 43.6. The number of allylic oxidation sites excluding steroid dienone is 6. The summed E-state index contributed by atoms with van der Waals surface area (Å²) in [6.45, 7) is 31.1. The van der Waals surface area contributed by atoms with E-state index < -0.39 is 0 Å². The molecule has 0 saturated carbocycles. The minimum absolute atomic E-state index is 0.161. The third kappa shape index (κ3) is 15.5. The van der Waals surface area contributed by atoms with E-state index in [-0.39, 0.29) is 53.9 Å². The Hall–Kier alpha value is -7.04. The van der Waals surface area contributed by atoms with Gasteiger partial charge in [-0.3, -0.25) is 9.59 Å². The molecule has 0 bridgehead atoms. The van der Waals surface area contributed by atoms with Gasteiger partial charge >= 0.3 is 0 Å². The van der Waals surface area contributed by atoms with Crippen molar-refractivity contribution in [1.82, 2.24) is 0 Å². The molecule has 4 aromatic heterocycles. The fourth-order valence-electron chi connectivity index (χ4n) is 18.0. The standard InChI is InChI=1S/C94H98Cl4N4O4S4/c1-9-15-21-27-29-35-41-105-85-61-43-58-46-70-82-92(90-72(94(82,39-33-25-19-13-5)40-34-26-20-14-6)50-60(108-90)48-68-80(78(56-100)102-8)64-52-74(96)76(98)54-66(64)84(68)104)110-88(70)86(106-42-36-30-28-22-16-10-2)62(58)44-57(61)45-69-81-91(109-87(69)85)89-71(93(81,37-31-23-17-11-3)38-32-24-18-12-4)49-59(107-89)47-67-79(77(55-99)101-7)63-51-73(95)75(97)53-65(63)83(67)103/h43-54H,9-42H2,1-6H3/b67-47-,68-48-,79-77-,80-78+. The molecule has 0 fully saturated rings. The number of ether oxygens (including phenoxy) is 2. The summed E-state index contributed by atoms with van der Waals surface area (Å²) in [5.74, 6) is 1.30. The molecule has 0 N–H and O–H groups in total. The molecule has 0 aliphatic heterocycles. The monoisotopic (exact) mass is 1610 g/mol. The molecule has 0 amide bonds. The smallest absolute Gasteiger partial charge is 0.270 e. The van der Waals surface area contributed by atoms with Crippen LogP contribution in [0.5, 0.6) is 11.5 Å². The maximum atomic E-state index is 14.7. The van der Waals surface area contributed by atoms with Crippen LogP contribution in [0.4, 0.5) is 0 Å². The van der Waals surface area contributed by atoms with E-state index >= 15 is 0 Å². The van der Waals surface area contributed by atoms with Crippen molar-refractivity contribution in [2.24, 2.45) is 0 Å². The molecule has 0 radical (unpaired) electrons. The average Bonchev–Trinajstić information content (AvgIpc) is 1.52. The van der Waals surface area contributed by atoms with Crippen LogP contribution in [-0.2, 0) is 10.8 Å². The van der Waals surface area contributed by atoms with Crippen molar-refractivity contribution in [2.45, 2.75) is 258 Å². The zero-order chi connectivity index (χ0) is 77.4. The molecule has 13 rings (SSSR count). The Balaban J connectivity index is 1.05. The molecule has 0 atom stereocenters. The van der Waals surface area contributed by atoms with E-state index in [4.69, 9.17) is 69.0 Å². The second-order valence-corrected chi connectivity index (χ2v) is 36.6. The van der Waals surface area contributed by atoms with Crippen LogP contribution in [0, 0.1) is 35.8 Å². The van der Waals surface area contributed by atoms with Crippen molar-refractivity contribution in [1.29, 1.82) is 10.5 Å². The van der Waals surface area contributed by atoms with Crippen LogP contribution >= 0.6 is 91.8 Å². The molecule has 9 aromatic rings. The normalized spacial score (nSPS) is 15.9. The van der Waals surface area contributed by atoms with E-state index in [2.05, 4.69) is 99.8 Å². The first-order valence-corrected chi connectivity index (χ1v) is 45.5. The van der Waals surface area contributed by atoms with Crippen molar-refractivity contribution >= 4 is 168 Å². The summed E-state index contributed by atoms with van der Waals surface area (Å²) < 4.78 is 17.4. The zero-order valence-corrected chi connectivity index (χ0v) is 70.8. The number of ketones is 2. The number of carbonyl (C=O) groups is 2. The summed E-state index contributed by atoms with van der Waals surface area (Å²) >= 11 is 33.6. The molecule has 570 valence electrons. The maximum Gasteiger partial charge on any atom is 0.270 e. The molecule has 8 nitrogen and oxygen atoms in total. The third-order valence-corrected chi connectivity index (χ3v) is 29.8. The molecule has 4 heterocycles. The highest BCUT2D eigenvalue weighted by Gasteiger charge is 2.49. The lowest BCUT2D eigenvalue weighted by molar-refractivity contribution is 0.103. The van der Waals surface area contributed by atoms with E-state index in [0.717, 1.165) is 206 Å². The second-order valence-electron chi connectivity index (χ2n) is 30.8. The lowest BCUT2D eigenvalue weighted by atomic mass is 9.70. The number of nitrogens with zero attached hydrogens (tertiary/aromatic N) is 4. The number of benzene rings is 5. The van der Waals surface area contributed by atoms with E-state index in [9.17, 15) is 20.1 Å². The van der Waals surface area contributed by atoms with Crippen LogP contribution in [0.2, 0.25) is 20.1 Å². The molecule has 16 heteroatoms. The van der Waals surface area contributed by atoms with Gasteiger partial charge in [-0.05, 0) is 155 Å². The highest BCUT2D eigenvalue weighted by Crippen LogP contribution is 2.66. The number of carbonyl (C=O) groups excluding carboxylic acids is 2. The average molecular weight is 1620 g/mol. The Morgan fingerprint density at radius 1 is 0.409 bits per heavy atom. The van der Waals surface area contributed by atoms with Crippen molar-refractivity contribution in [2.75, 3.05) is 13.2 Å². The highest BCUT2D eigenvalue weighted by atomic mass is 35.5. The number of hydrogen-bond acceptors (Lipinski definition) is 10. The molecular formula is C94H98Cl4N4O4S4. The lowest BCUT2D eigenvalue weighted by Gasteiger charge is -2.32. The quantitative estimate of drug-likeness (QED) is 0.0125. The summed E-state index contributed by atoms with van der Waals surface area (Å²) in [6, 6.07) is 25.2. The Bertz CT molecular complexity index is 4990. The number of nitriles is 2. The number of Topliss-reactive ketones (excluding diaryl/α,β-unsaturated/α-hetero) is 2. The Morgan fingerprint density at radius 2 is 0.718 bits per heavy atom. The summed E-state index contributed by atoms with van der Waals surface area (Å²) in [7, 11) is 0. The van der Waals surface area contributed by atoms with Gasteiger partial charge in [-0.1, -0.05) is 255 Å². The minimum Gasteiger partial charge on any atom is -0.491 e. The Morgan fingerprint density at radius 3 is 1.05 bits per heavy atom. The van der Waals surface area contributed by atoms with E-state index in [0.29, 0.717) is 57.8 Å². The third-order valence-electron chi connectivity index (χ3n) is 23.5. The molecule has 110 heavy (non-hydrogen) atoms. The molecule has 4 aliphatic carbocycles. The van der Waals surface area contributed by atoms with Gasteiger partial charge in [0, 0.05) is 85.3 Å². The van der Waals surface area contributed by atoms with Crippen molar-refractivity contribution in [3.63, 3.8) is 0 Å². The zero-order valence-electron chi connectivity index (χ0n) is 64.5. The number of hydrogen-bond donors (Lipinski definition) is 0. The first kappa shape index (κ1) is 81.0. The van der Waals surface area contributed by atoms with Gasteiger partial charge in [-0.25, -0.2) is 20.2 Å². The fourth-order valence-corrected chi connectivity index (χ4v) is 24.2. The van der Waals surface area contributed by atoms with Gasteiger partial charge in [0.05, 0.1) is 77.7 Å². The van der Waals surface area contributed by atoms with Crippen LogP contribution in [0.1, 0.15) is 311 Å². The van der Waals surface area contributed by atoms with Crippen LogP contribution < -0.4 is 9.47 Å². The molecule has 4 aliphatic rings. The Kier molecular flexibility index (Phi) is 26.8. The second kappa shape index (κ2) is 36.4. The predicted molar refractivity (Wildman–Crippen MR) is 469 cm³/mol. The van der Waals surface area contributed by atoms with Gasteiger partial charge in [-0.2, -0.15) is 0 Å². The van der Waals surface area contributed by atoms with Gasteiger partial charge in [0.1, 0.15) is 11.5 Å². The largest absolute Gasteiger partial charge is 0.491 e. The van der Waals surface area contributed by atoms with Gasteiger partial charge in [0.15, 0.2) is 11.6 Å². The minimum atomic E-state index is -0.363. The van der Waals surface area contributed by atoms with Crippen molar-refractivity contribution in [3.05, 3.63) is 180 Å². The summed E-state index contributed by atoms with van der Waals surface area (Å²) in [5, 5.41) is 28.8. The molecule has 5 aromatic carbocycles. The number of unbranched alkanes of at least 4 members (excludes halogenated alkanes) is 22. The molecule has 0 saturated heterocycles. The van der Waals surface area contributed by atoms with Crippen molar-refractivity contribution < 1.29 is 19.1 Å². The van der Waals surface area contributed by atoms with Crippen LogP contribution in [0.3, 0.4) is 0 Å². The SMILES string of the molecule is [C-]#[N+]/C(C#N)=C1\C(=C\c2cc3c(s2)-c2sc4c(OCCCCCCCC)c5cc6cc7c8c(sc7c(OCCCCCCCC)c6cc5cc4c2C3(CCCCCC)CCCCCC)-c2sc(/C=C3\C(=O)c4cc(Cl)c(Cl)cc4\C3=C(\C#N)[N+]#[C-])cc2C8(CCCCCC)CCCCCC)C(=O)c2cc(Cl)c(Cl)cc21. The van der Waals surface area contributed by atoms with Gasteiger partial charge in [-0.15, -0.1) is 45.3 Å². The summed E-state index contributed by atoms with van der Waals surface area (Å²) in [6.07, 6.45) is 39.1. The van der Waals surface area contributed by atoms with Gasteiger partial charge < -0.3 is 9.47 Å². The van der Waals surface area contributed by atoms with Crippen molar-refractivity contribution in [3.8, 4) is 43.1 Å². The topological polar surface area (TPSA) is 109 Å². The molecule has 0 unspecified atom stereocenters. The maximum absolute atomic E-state index is 14.7. The fraction of sp³-hybridized carbons (Fsp3) is 0.447. The molecular weight excluding hydrogens is 1520 g/mol. The summed E-state index contributed by atoms with van der Waals surface area (Å²) in [5.41, 5.74) is 7.11. The first-order chi connectivity index (χ1) is 53.6. The van der Waals surface area contributed by atoms with Gasteiger partial charge in [0.2, 0.25) is 0 Å². The lowest BCUT2D eigenvalue weighted by Crippen LogP contribution is -2.25. The van der Waals surface area contributed by atoms with Gasteiger partial charge in [0.25, 0.3) is 11.4 Å². The number of fused-ring (bicyclic) bond motifs is 14. The highest BCUT2D eigenvalue weighted by molar-refractivity contribution is 7.28. The predicted octanol–water partition coefficient (Wildman–Crippen LogP) is 31.9. The van der Waals surface area contributed by atoms with Crippen LogP contribution in [0.25, 0.3) is 94.2 Å². The number of halogens is 4. The molecule has 0 spiro atoms. The van der Waals surface area contributed by atoms with Crippen LogP contribution in [-0.4, -0.2) is 24.8 Å². The van der Waals surface area contributed by atoms with E-state index in [1.807, 2.05) is 34.8 Å². The first-order valence-electron chi connectivity index (χ1n) is 40.7. The number of rotatable bonds is 38. The van der Waals surface area contributed by atoms with E-state index in [1.54, 1.807) is 46.9 Å². The Labute approximate surface area is 686 Å². The number of thiophene rings is 4.